The van der Waals surface area contributed by atoms with Crippen LogP contribution in [0.2, 0.25) is 0 Å². The number of carbonyl (C=O) groups excluding carboxylic acids is 2. The Morgan fingerprint density at radius 3 is 2.66 bits per heavy atom. The number of anilines is 2. The number of aromatic amines is 1. The molecule has 1 aromatic carbocycles. The summed E-state index contributed by atoms with van der Waals surface area (Å²) in [5, 5.41) is 5.13. The molecule has 2 amide bonds. The zero-order valence-electron chi connectivity index (χ0n) is 14.9. The van der Waals surface area contributed by atoms with Crippen LogP contribution in [0.1, 0.15) is 16.1 Å². The van der Waals surface area contributed by atoms with Gasteiger partial charge in [0.05, 0.1) is 12.0 Å². The average Bonchev–Trinajstić information content (AvgIpc) is 3.23. The predicted molar refractivity (Wildman–Crippen MR) is 105 cm³/mol. The van der Waals surface area contributed by atoms with Crippen molar-refractivity contribution in [1.82, 2.24) is 15.3 Å². The van der Waals surface area contributed by atoms with Gasteiger partial charge in [-0.1, -0.05) is 23.9 Å². The molecule has 150 valence electrons. The lowest BCUT2D eigenvalue weighted by Crippen LogP contribution is -2.25. The third kappa shape index (κ3) is 5.45. The van der Waals surface area contributed by atoms with Gasteiger partial charge in [0.1, 0.15) is 5.82 Å². The van der Waals surface area contributed by atoms with Gasteiger partial charge in [-0.15, -0.1) is 0 Å². The number of H-pyrrole nitrogens is 1. The summed E-state index contributed by atoms with van der Waals surface area (Å²) in [6.07, 6.45) is 1.32. The van der Waals surface area contributed by atoms with Gasteiger partial charge in [-0.25, -0.2) is 9.37 Å². The van der Waals surface area contributed by atoms with Crippen molar-refractivity contribution in [3.63, 3.8) is 0 Å². The van der Waals surface area contributed by atoms with Gasteiger partial charge in [-0.05, 0) is 29.8 Å². The molecule has 3 aromatic rings. The van der Waals surface area contributed by atoms with Crippen molar-refractivity contribution in [2.24, 2.45) is 0 Å². The number of rotatable bonds is 7. The Kier molecular flexibility index (Phi) is 6.29. The van der Waals surface area contributed by atoms with E-state index in [4.69, 9.17) is 10.2 Å². The van der Waals surface area contributed by atoms with E-state index < -0.39 is 11.5 Å². The molecule has 0 bridgehead atoms. The van der Waals surface area contributed by atoms with Gasteiger partial charge < -0.3 is 20.8 Å². The minimum atomic E-state index is -0.661. The Balaban J connectivity index is 1.56. The lowest BCUT2D eigenvalue weighted by atomic mass is 10.2. The highest BCUT2D eigenvalue weighted by molar-refractivity contribution is 7.99. The Morgan fingerprint density at radius 1 is 1.24 bits per heavy atom. The standard InChI is InChI=1S/C18H16FN5O4S/c19-11-5-3-10(4-6-11)8-21-13(25)9-29-18-23-15(20)14(17(27)24-18)22-16(26)12-2-1-7-28-12/h1-7H,8-9H2,(H,21,25)(H,22,26)(H3,20,23,24,27). The number of nitrogens with zero attached hydrogens (tertiary/aromatic N) is 1. The number of aromatic nitrogens is 2. The predicted octanol–water partition coefficient (Wildman–Crippen LogP) is 1.74. The molecular weight excluding hydrogens is 401 g/mol. The van der Waals surface area contributed by atoms with Crippen molar-refractivity contribution in [2.45, 2.75) is 11.7 Å². The maximum absolute atomic E-state index is 12.9. The molecule has 0 saturated heterocycles. The molecule has 9 nitrogen and oxygen atoms in total. The second kappa shape index (κ2) is 9.06. The van der Waals surface area contributed by atoms with Crippen LogP contribution in [0.4, 0.5) is 15.9 Å². The fourth-order valence-corrected chi connectivity index (χ4v) is 2.93. The minimum Gasteiger partial charge on any atom is -0.459 e. The van der Waals surface area contributed by atoms with Crippen LogP contribution in [-0.4, -0.2) is 27.5 Å². The smallest absolute Gasteiger partial charge is 0.291 e. The second-order valence-electron chi connectivity index (χ2n) is 5.75. The van der Waals surface area contributed by atoms with Crippen molar-refractivity contribution >= 4 is 35.1 Å². The van der Waals surface area contributed by atoms with Gasteiger partial charge in [-0.2, -0.15) is 0 Å². The summed E-state index contributed by atoms with van der Waals surface area (Å²) < 4.78 is 17.8. The molecule has 3 rings (SSSR count). The van der Waals surface area contributed by atoms with Crippen LogP contribution in [0.15, 0.2) is 57.0 Å². The molecule has 0 spiro atoms. The molecule has 0 aliphatic carbocycles. The molecule has 0 fully saturated rings. The van der Waals surface area contributed by atoms with E-state index in [1.54, 1.807) is 12.1 Å². The summed E-state index contributed by atoms with van der Waals surface area (Å²) in [5.41, 5.74) is 5.63. The topological polar surface area (TPSA) is 143 Å². The number of nitrogens with two attached hydrogens (primary N) is 1. The highest BCUT2D eigenvalue weighted by Gasteiger charge is 2.16. The highest BCUT2D eigenvalue weighted by Crippen LogP contribution is 2.17. The number of amides is 2. The van der Waals surface area contributed by atoms with Gasteiger partial charge in [0.2, 0.25) is 5.91 Å². The van der Waals surface area contributed by atoms with Crippen molar-refractivity contribution in [2.75, 3.05) is 16.8 Å². The van der Waals surface area contributed by atoms with Crippen LogP contribution in [0.5, 0.6) is 0 Å². The van der Waals surface area contributed by atoms with E-state index >= 15 is 0 Å². The monoisotopic (exact) mass is 417 g/mol. The summed E-state index contributed by atoms with van der Waals surface area (Å²) in [7, 11) is 0. The number of hydrogen-bond acceptors (Lipinski definition) is 7. The molecule has 0 saturated carbocycles. The highest BCUT2D eigenvalue weighted by atomic mass is 32.2. The largest absolute Gasteiger partial charge is 0.459 e. The van der Waals surface area contributed by atoms with Gasteiger partial charge in [-0.3, -0.25) is 19.4 Å². The summed E-state index contributed by atoms with van der Waals surface area (Å²) in [5.74, 6) is -1.51. The van der Waals surface area contributed by atoms with E-state index in [9.17, 15) is 18.8 Å². The first-order valence-corrected chi connectivity index (χ1v) is 9.29. The number of furan rings is 1. The lowest BCUT2D eigenvalue weighted by Gasteiger charge is -2.08. The van der Waals surface area contributed by atoms with E-state index in [2.05, 4.69) is 20.6 Å². The number of nitrogen functional groups attached to an aromatic ring is 1. The van der Waals surface area contributed by atoms with E-state index in [0.29, 0.717) is 0 Å². The summed E-state index contributed by atoms with van der Waals surface area (Å²) in [6, 6.07) is 8.71. The van der Waals surface area contributed by atoms with Crippen LogP contribution in [-0.2, 0) is 11.3 Å². The van der Waals surface area contributed by atoms with Crippen LogP contribution in [0, 0.1) is 5.82 Å². The molecule has 0 radical (unpaired) electrons. The summed E-state index contributed by atoms with van der Waals surface area (Å²) in [4.78, 5) is 42.5. The van der Waals surface area contributed by atoms with Gasteiger partial charge in [0, 0.05) is 6.54 Å². The average molecular weight is 417 g/mol. The normalized spacial score (nSPS) is 10.5. The summed E-state index contributed by atoms with van der Waals surface area (Å²) >= 11 is 0.970. The molecule has 0 atom stereocenters. The van der Waals surface area contributed by atoms with E-state index in [1.807, 2.05) is 0 Å². The van der Waals surface area contributed by atoms with Crippen LogP contribution < -0.4 is 21.9 Å². The maximum atomic E-state index is 12.9. The number of nitrogens with one attached hydrogen (secondary N) is 3. The van der Waals surface area contributed by atoms with Crippen molar-refractivity contribution in [1.29, 1.82) is 0 Å². The van der Waals surface area contributed by atoms with E-state index in [-0.39, 0.29) is 46.4 Å². The van der Waals surface area contributed by atoms with Crippen LogP contribution in [0.3, 0.4) is 0 Å². The molecular formula is C18H16FN5O4S. The molecule has 2 aromatic heterocycles. The first-order chi connectivity index (χ1) is 13.9. The Hall–Kier alpha value is -3.60. The minimum absolute atomic E-state index is 0.0140. The fraction of sp³-hybridized carbons (Fsp3) is 0.111. The zero-order chi connectivity index (χ0) is 20.8. The molecule has 0 unspecified atom stereocenters. The Bertz CT molecular complexity index is 1070. The number of thioether (sulfide) groups is 1. The zero-order valence-corrected chi connectivity index (χ0v) is 15.7. The third-order valence-corrected chi connectivity index (χ3v) is 4.53. The quantitative estimate of drug-likeness (QED) is 0.339. The van der Waals surface area contributed by atoms with Crippen LogP contribution >= 0.6 is 11.8 Å². The fourth-order valence-electron chi connectivity index (χ4n) is 2.23. The molecule has 0 aliphatic heterocycles. The summed E-state index contributed by atoms with van der Waals surface area (Å²) in [6.45, 7) is 0.240. The Morgan fingerprint density at radius 2 is 2.00 bits per heavy atom. The first-order valence-electron chi connectivity index (χ1n) is 8.31. The molecule has 29 heavy (non-hydrogen) atoms. The number of hydrogen-bond donors (Lipinski definition) is 4. The molecule has 2 heterocycles. The first kappa shape index (κ1) is 20.1. The van der Waals surface area contributed by atoms with Gasteiger partial charge >= 0.3 is 0 Å². The maximum Gasteiger partial charge on any atom is 0.291 e. The lowest BCUT2D eigenvalue weighted by molar-refractivity contribution is -0.118. The van der Waals surface area contributed by atoms with Crippen LogP contribution in [0.25, 0.3) is 0 Å². The third-order valence-electron chi connectivity index (χ3n) is 3.65. The number of halogens is 1. The van der Waals surface area contributed by atoms with Crippen molar-refractivity contribution < 1.29 is 18.4 Å². The molecule has 0 aliphatic rings. The van der Waals surface area contributed by atoms with E-state index in [0.717, 1.165) is 17.3 Å². The Labute approximate surface area is 167 Å². The SMILES string of the molecule is Nc1nc(SCC(=O)NCc2ccc(F)cc2)[nH]c(=O)c1NC(=O)c1ccco1. The van der Waals surface area contributed by atoms with Gasteiger partial charge in [0.15, 0.2) is 22.4 Å². The second-order valence-corrected chi connectivity index (χ2v) is 6.72. The molecule has 11 heteroatoms. The van der Waals surface area contributed by atoms with Crippen molar-refractivity contribution in [3.05, 3.63) is 70.2 Å². The van der Waals surface area contributed by atoms with E-state index in [1.165, 1.54) is 30.5 Å². The number of benzene rings is 1. The van der Waals surface area contributed by atoms with Crippen molar-refractivity contribution in [3.8, 4) is 0 Å². The number of carbonyl (C=O) groups is 2. The van der Waals surface area contributed by atoms with Gasteiger partial charge in [0.25, 0.3) is 11.5 Å². The molecule has 5 N–H and O–H groups in total.